The molecule has 0 bridgehead atoms. The van der Waals surface area contributed by atoms with Gasteiger partial charge < -0.3 is 31.9 Å². The van der Waals surface area contributed by atoms with Crippen LogP contribution in [0.15, 0.2) is 4.99 Å². The van der Waals surface area contributed by atoms with Crippen LogP contribution in [0.2, 0.25) is 0 Å². The van der Waals surface area contributed by atoms with E-state index in [1.54, 1.807) is 11.1 Å². The summed E-state index contributed by atoms with van der Waals surface area (Å²) in [5, 5.41) is 22.1. The van der Waals surface area contributed by atoms with E-state index in [4.69, 9.17) is 11.0 Å². The fourth-order valence-corrected chi connectivity index (χ4v) is 1.59. The van der Waals surface area contributed by atoms with Crippen LogP contribution in [0.4, 0.5) is 9.59 Å². The van der Waals surface area contributed by atoms with Gasteiger partial charge in [0.1, 0.15) is 0 Å². The Morgan fingerprint density at radius 3 is 2.76 bits per heavy atom. The summed E-state index contributed by atoms with van der Waals surface area (Å²) in [6, 6.07) is -0.982. The number of carbonyl (C=O) groups is 2. The number of nitriles is 1. The highest BCUT2D eigenvalue weighted by Gasteiger charge is 2.15. The van der Waals surface area contributed by atoms with E-state index in [9.17, 15) is 9.59 Å². The molecule has 21 heavy (non-hydrogen) atoms. The summed E-state index contributed by atoms with van der Waals surface area (Å²) in [5.41, 5.74) is 4.88. The van der Waals surface area contributed by atoms with Gasteiger partial charge in [0, 0.05) is 26.2 Å². The highest BCUT2D eigenvalue weighted by atomic mass is 16.2. The Kier molecular flexibility index (Phi) is 7.15. The highest BCUT2D eigenvalue weighted by molar-refractivity contribution is 5.81. The van der Waals surface area contributed by atoms with E-state index in [-0.39, 0.29) is 19.1 Å². The number of nitrogens with zero attached hydrogens (tertiary/aromatic N) is 3. The molecule has 1 aliphatic rings. The predicted molar refractivity (Wildman–Crippen MR) is 74.7 cm³/mol. The van der Waals surface area contributed by atoms with Gasteiger partial charge >= 0.3 is 12.1 Å². The topological polar surface area (TPSA) is 160 Å². The molecule has 116 valence electrons. The molecule has 0 saturated carbocycles. The molecule has 4 amide bonds. The second-order valence-corrected chi connectivity index (χ2v) is 4.03. The molecule has 1 fully saturated rings. The molecular weight excluding hydrogens is 278 g/mol. The lowest BCUT2D eigenvalue weighted by atomic mass is 10.5. The third-order valence-electron chi connectivity index (χ3n) is 2.51. The Labute approximate surface area is 121 Å². The van der Waals surface area contributed by atoms with Crippen molar-refractivity contribution in [2.45, 2.75) is 0 Å². The minimum absolute atomic E-state index is 0.266. The normalized spacial score (nSPS) is 15.8. The van der Waals surface area contributed by atoms with Crippen molar-refractivity contribution in [2.75, 3.05) is 39.5 Å². The smallest absolute Gasteiger partial charge is 0.314 e. The first-order valence-electron chi connectivity index (χ1n) is 6.35. The van der Waals surface area contributed by atoms with Crippen molar-refractivity contribution in [3.8, 4) is 6.19 Å². The van der Waals surface area contributed by atoms with Crippen LogP contribution in [0, 0.1) is 11.5 Å². The zero-order chi connectivity index (χ0) is 15.5. The summed E-state index contributed by atoms with van der Waals surface area (Å²) in [4.78, 5) is 27.3. The first kappa shape index (κ1) is 16.3. The van der Waals surface area contributed by atoms with Crippen LogP contribution in [-0.4, -0.2) is 62.4 Å². The molecule has 0 spiro atoms. The number of rotatable bonds is 6. The Balaban J connectivity index is 2.17. The van der Waals surface area contributed by atoms with E-state index in [0.29, 0.717) is 32.4 Å². The third kappa shape index (κ3) is 6.83. The Hall–Kier alpha value is -2.74. The van der Waals surface area contributed by atoms with Crippen molar-refractivity contribution in [3.05, 3.63) is 0 Å². The Morgan fingerprint density at radius 1 is 1.33 bits per heavy atom. The van der Waals surface area contributed by atoms with Crippen LogP contribution in [0.25, 0.3) is 0 Å². The maximum absolute atomic E-state index is 11.4. The van der Waals surface area contributed by atoms with Gasteiger partial charge in [0.2, 0.25) is 12.2 Å². The number of nitrogens with two attached hydrogens (primary N) is 1. The molecule has 1 aliphatic heterocycles. The molecule has 0 aromatic carbocycles. The van der Waals surface area contributed by atoms with Crippen LogP contribution >= 0.6 is 0 Å². The van der Waals surface area contributed by atoms with E-state index in [0.717, 1.165) is 0 Å². The maximum atomic E-state index is 11.4. The van der Waals surface area contributed by atoms with Crippen molar-refractivity contribution < 1.29 is 9.59 Å². The number of urea groups is 2. The Bertz CT molecular complexity index is 431. The van der Waals surface area contributed by atoms with Crippen LogP contribution < -0.4 is 32.3 Å². The molecule has 0 atom stereocenters. The summed E-state index contributed by atoms with van der Waals surface area (Å²) in [5.74, 6) is 0.476. The molecule has 0 aromatic rings. The van der Waals surface area contributed by atoms with Crippen LogP contribution in [-0.2, 0) is 0 Å². The molecule has 0 unspecified atom stereocenters. The van der Waals surface area contributed by atoms with E-state index < -0.39 is 6.03 Å². The fourth-order valence-electron chi connectivity index (χ4n) is 1.59. The lowest BCUT2D eigenvalue weighted by molar-refractivity contribution is 0.237. The van der Waals surface area contributed by atoms with Gasteiger partial charge in [0.05, 0.1) is 13.3 Å². The van der Waals surface area contributed by atoms with E-state index in [1.807, 2.05) is 0 Å². The average molecular weight is 297 g/mol. The van der Waals surface area contributed by atoms with Gasteiger partial charge in [-0.05, 0) is 0 Å². The molecule has 0 aliphatic carbocycles. The molecule has 11 nitrogen and oxygen atoms in total. The lowest BCUT2D eigenvalue weighted by Crippen LogP contribution is -2.56. The summed E-state index contributed by atoms with van der Waals surface area (Å²) < 4.78 is 0. The van der Waals surface area contributed by atoms with Gasteiger partial charge in [-0.2, -0.15) is 5.26 Å². The summed E-state index contributed by atoms with van der Waals surface area (Å²) in [6.45, 7) is 2.50. The molecule has 11 heteroatoms. The Morgan fingerprint density at radius 2 is 2.05 bits per heavy atom. The van der Waals surface area contributed by atoms with Gasteiger partial charge in [0.15, 0.2) is 0 Å². The van der Waals surface area contributed by atoms with Crippen molar-refractivity contribution in [3.63, 3.8) is 0 Å². The number of hydrogen-bond acceptors (Lipinski definition) is 5. The molecule has 1 rings (SSSR count). The van der Waals surface area contributed by atoms with Crippen LogP contribution in [0.3, 0.4) is 0 Å². The van der Waals surface area contributed by atoms with Crippen LogP contribution in [0.5, 0.6) is 0 Å². The number of nitrogens with one attached hydrogen (secondary N) is 5. The van der Waals surface area contributed by atoms with Crippen molar-refractivity contribution in [1.29, 1.82) is 5.26 Å². The van der Waals surface area contributed by atoms with Gasteiger partial charge in [-0.1, -0.05) is 0 Å². The van der Waals surface area contributed by atoms with E-state index in [1.165, 1.54) is 0 Å². The lowest BCUT2D eigenvalue weighted by Gasteiger charge is -2.30. The second kappa shape index (κ2) is 9.21. The number of carbonyl (C=O) groups excluding carboxylic acids is 2. The van der Waals surface area contributed by atoms with Crippen molar-refractivity contribution in [2.24, 2.45) is 10.7 Å². The molecule has 1 saturated heterocycles. The maximum Gasteiger partial charge on any atom is 0.314 e. The summed E-state index contributed by atoms with van der Waals surface area (Å²) in [6.07, 6.45) is 1.72. The predicted octanol–water partition coefficient (Wildman–Crippen LogP) is -2.80. The number of amides is 4. The van der Waals surface area contributed by atoms with E-state index in [2.05, 4.69) is 31.6 Å². The monoisotopic (exact) mass is 297 g/mol. The average Bonchev–Trinajstić information content (AvgIpc) is 2.45. The zero-order valence-corrected chi connectivity index (χ0v) is 11.5. The van der Waals surface area contributed by atoms with Crippen molar-refractivity contribution in [1.82, 2.24) is 31.5 Å². The van der Waals surface area contributed by atoms with Crippen LogP contribution in [0.1, 0.15) is 0 Å². The van der Waals surface area contributed by atoms with E-state index >= 15 is 0 Å². The first-order valence-corrected chi connectivity index (χ1v) is 6.35. The fraction of sp³-hybridized carbons (Fsp3) is 0.600. The minimum Gasteiger partial charge on any atom is -0.352 e. The summed E-state index contributed by atoms with van der Waals surface area (Å²) in [7, 11) is 0. The summed E-state index contributed by atoms with van der Waals surface area (Å²) >= 11 is 0. The molecular formula is C10H19N9O2. The highest BCUT2D eigenvalue weighted by Crippen LogP contribution is 1.91. The van der Waals surface area contributed by atoms with Gasteiger partial charge in [0.25, 0.3) is 0 Å². The van der Waals surface area contributed by atoms with Crippen molar-refractivity contribution >= 4 is 18.0 Å². The largest absolute Gasteiger partial charge is 0.352 e. The molecule has 7 N–H and O–H groups in total. The quantitative estimate of drug-likeness (QED) is 0.229. The standard InChI is InChI=1S/C10H19N9O2/c11-5-17-9-18-6-13-7-19(9)4-3-16-10(21)15-2-1-14-8(12)20/h13H,1-4,6-7H2,(H,17,18)(H3,12,14,20)(H2,15,16,21). The molecule has 1 heterocycles. The van der Waals surface area contributed by atoms with Gasteiger partial charge in [-0.25, -0.2) is 9.59 Å². The minimum atomic E-state index is -0.633. The van der Waals surface area contributed by atoms with Gasteiger partial charge in [-0.3, -0.25) is 5.32 Å². The molecule has 0 radical (unpaired) electrons. The zero-order valence-electron chi connectivity index (χ0n) is 11.5. The number of hydrogen-bond donors (Lipinski definition) is 6. The number of aliphatic imine (C=N–C) groups is 1. The SMILES string of the molecule is N#C/N=C1\NCNCN1CCNC(=O)NCCNC(N)=O. The number of guanidine groups is 1. The number of primary amides is 1. The third-order valence-corrected chi connectivity index (χ3v) is 2.51. The van der Waals surface area contributed by atoms with Gasteiger partial charge in [-0.15, -0.1) is 4.99 Å². The second-order valence-electron chi connectivity index (χ2n) is 4.03. The first-order chi connectivity index (χ1) is 10.1. The molecule has 0 aromatic heterocycles.